The topological polar surface area (TPSA) is 38.8 Å². The van der Waals surface area contributed by atoms with Gasteiger partial charge in [-0.25, -0.2) is 9.18 Å². The summed E-state index contributed by atoms with van der Waals surface area (Å²) in [6.07, 6.45) is -0.552. The van der Waals surface area contributed by atoms with Crippen LogP contribution in [0.5, 0.6) is 5.75 Å². The zero-order valence-corrected chi connectivity index (χ0v) is 9.49. The number of hydrogen-bond acceptors (Lipinski definition) is 3. The molecule has 4 nitrogen and oxygen atoms in total. The van der Waals surface area contributed by atoms with Crippen molar-refractivity contribution in [2.24, 2.45) is 0 Å². The molecule has 5 heteroatoms. The van der Waals surface area contributed by atoms with E-state index in [1.54, 1.807) is 13.0 Å². The molecule has 0 aliphatic rings. The van der Waals surface area contributed by atoms with E-state index < -0.39 is 11.9 Å². The highest BCUT2D eigenvalue weighted by molar-refractivity contribution is 5.86. The first-order valence-corrected chi connectivity index (χ1v) is 4.84. The van der Waals surface area contributed by atoms with Crippen LogP contribution < -0.4 is 9.64 Å². The number of nitrogens with zero attached hydrogens (tertiary/aromatic N) is 1. The Bertz CT molecular complexity index is 381. The zero-order valence-electron chi connectivity index (χ0n) is 9.49. The highest BCUT2D eigenvalue weighted by Gasteiger charge is 2.13. The molecule has 0 radical (unpaired) electrons. The molecule has 0 bridgehead atoms. The molecule has 0 heterocycles. The number of carbonyl (C=O) groups is 1. The normalized spacial score (nSPS) is 9.75. The number of methoxy groups -OCH3 is 1. The highest BCUT2D eigenvalue weighted by atomic mass is 19.1. The van der Waals surface area contributed by atoms with Crippen LogP contribution in [0, 0.1) is 5.82 Å². The van der Waals surface area contributed by atoms with Crippen LogP contribution in [0.4, 0.5) is 14.9 Å². The predicted molar refractivity (Wildman–Crippen MR) is 58.4 cm³/mol. The molecule has 0 aliphatic heterocycles. The van der Waals surface area contributed by atoms with E-state index in [0.29, 0.717) is 12.3 Å². The van der Waals surface area contributed by atoms with Crippen molar-refractivity contribution in [1.29, 1.82) is 0 Å². The second kappa shape index (κ2) is 5.34. The Kier molecular flexibility index (Phi) is 4.10. The lowest BCUT2D eigenvalue weighted by Gasteiger charge is -2.16. The fourth-order valence-electron chi connectivity index (χ4n) is 1.21. The van der Waals surface area contributed by atoms with Crippen LogP contribution in [-0.4, -0.2) is 26.9 Å². The maximum atomic E-state index is 13.5. The predicted octanol–water partition coefficient (Wildman–Crippen LogP) is 2.43. The van der Waals surface area contributed by atoms with Crippen molar-refractivity contribution in [2.75, 3.05) is 25.7 Å². The highest BCUT2D eigenvalue weighted by Crippen LogP contribution is 2.23. The third-order valence-corrected chi connectivity index (χ3v) is 2.05. The lowest BCUT2D eigenvalue weighted by Crippen LogP contribution is -2.25. The summed E-state index contributed by atoms with van der Waals surface area (Å²) in [5.41, 5.74) is 0.410. The number of amides is 1. The smallest absolute Gasteiger partial charge is 0.413 e. The van der Waals surface area contributed by atoms with Gasteiger partial charge >= 0.3 is 6.09 Å². The summed E-state index contributed by atoms with van der Waals surface area (Å²) in [7, 11) is 2.77. The van der Waals surface area contributed by atoms with E-state index in [1.807, 2.05) is 0 Å². The van der Waals surface area contributed by atoms with Gasteiger partial charge in [0.2, 0.25) is 0 Å². The van der Waals surface area contributed by atoms with Crippen molar-refractivity contribution in [1.82, 2.24) is 0 Å². The van der Waals surface area contributed by atoms with E-state index >= 15 is 0 Å². The van der Waals surface area contributed by atoms with Gasteiger partial charge in [-0.05, 0) is 19.1 Å². The van der Waals surface area contributed by atoms with Gasteiger partial charge in [0.05, 0.1) is 13.7 Å². The number of benzene rings is 1. The van der Waals surface area contributed by atoms with Gasteiger partial charge in [-0.3, -0.25) is 4.90 Å². The average Bonchev–Trinajstić information content (AvgIpc) is 2.30. The molecular formula is C11H14FNO3. The summed E-state index contributed by atoms with van der Waals surface area (Å²) in [6, 6.07) is 4.29. The van der Waals surface area contributed by atoms with Gasteiger partial charge in [0.15, 0.2) is 11.6 Å². The molecule has 88 valence electrons. The molecule has 0 N–H and O–H groups in total. The van der Waals surface area contributed by atoms with Crippen molar-refractivity contribution in [2.45, 2.75) is 6.92 Å². The molecule has 0 atom stereocenters. The molecule has 1 rings (SSSR count). The van der Waals surface area contributed by atoms with E-state index in [9.17, 15) is 9.18 Å². The first-order chi connectivity index (χ1) is 7.60. The molecule has 0 saturated carbocycles. The number of hydrogen-bond donors (Lipinski definition) is 0. The van der Waals surface area contributed by atoms with Crippen LogP contribution in [0.3, 0.4) is 0 Å². The van der Waals surface area contributed by atoms with Gasteiger partial charge in [0.25, 0.3) is 0 Å². The summed E-state index contributed by atoms with van der Waals surface area (Å²) in [4.78, 5) is 12.4. The second-order valence-electron chi connectivity index (χ2n) is 3.08. The Hall–Kier alpha value is -1.78. The van der Waals surface area contributed by atoms with Crippen LogP contribution in [0.15, 0.2) is 18.2 Å². The molecule has 0 aromatic heterocycles. The lowest BCUT2D eigenvalue weighted by atomic mass is 10.2. The van der Waals surface area contributed by atoms with Gasteiger partial charge in [-0.2, -0.15) is 0 Å². The number of halogens is 1. The third-order valence-electron chi connectivity index (χ3n) is 2.05. The van der Waals surface area contributed by atoms with Gasteiger partial charge in [0.1, 0.15) is 0 Å². The van der Waals surface area contributed by atoms with E-state index in [4.69, 9.17) is 4.74 Å². The minimum Gasteiger partial charge on any atom is -0.491 e. The summed E-state index contributed by atoms with van der Waals surface area (Å²) in [5, 5.41) is 0. The number of ether oxygens (including phenoxy) is 2. The Morgan fingerprint density at radius 3 is 2.69 bits per heavy atom. The van der Waals surface area contributed by atoms with Crippen molar-refractivity contribution >= 4 is 11.8 Å². The number of carbonyl (C=O) groups excluding carboxylic acids is 1. The molecule has 0 aliphatic carbocycles. The monoisotopic (exact) mass is 227 g/mol. The van der Waals surface area contributed by atoms with E-state index in [-0.39, 0.29) is 5.75 Å². The summed E-state index contributed by atoms with van der Waals surface area (Å²) in [5.74, 6) is -0.334. The first-order valence-electron chi connectivity index (χ1n) is 4.84. The van der Waals surface area contributed by atoms with Gasteiger partial charge in [-0.15, -0.1) is 0 Å². The molecule has 1 aromatic rings. The van der Waals surface area contributed by atoms with Crippen molar-refractivity contribution < 1.29 is 18.7 Å². The molecule has 0 fully saturated rings. The fourth-order valence-corrected chi connectivity index (χ4v) is 1.21. The maximum absolute atomic E-state index is 13.5. The van der Waals surface area contributed by atoms with Crippen molar-refractivity contribution in [3.05, 3.63) is 24.0 Å². The summed E-state index contributed by atoms with van der Waals surface area (Å²) in [6.45, 7) is 2.16. The largest absolute Gasteiger partial charge is 0.491 e. The van der Waals surface area contributed by atoms with E-state index in [1.165, 1.54) is 31.2 Å². The molecule has 1 amide bonds. The van der Waals surface area contributed by atoms with Crippen LogP contribution in [0.25, 0.3) is 0 Å². The quantitative estimate of drug-likeness (QED) is 0.796. The summed E-state index contributed by atoms with van der Waals surface area (Å²) < 4.78 is 23.0. The van der Waals surface area contributed by atoms with Crippen LogP contribution in [0.2, 0.25) is 0 Å². The Morgan fingerprint density at radius 2 is 2.19 bits per heavy atom. The van der Waals surface area contributed by atoms with Gasteiger partial charge in [-0.1, -0.05) is 0 Å². The number of rotatable bonds is 3. The average molecular weight is 227 g/mol. The van der Waals surface area contributed by atoms with Crippen LogP contribution in [-0.2, 0) is 4.74 Å². The Morgan fingerprint density at radius 1 is 1.50 bits per heavy atom. The minimum atomic E-state index is -0.552. The standard InChI is InChI=1S/C11H14FNO3/c1-4-16-10-6-5-8(7-9(10)12)13(2)11(14)15-3/h5-7H,4H2,1-3H3. The molecule has 1 aromatic carbocycles. The number of anilines is 1. The van der Waals surface area contributed by atoms with Crippen molar-refractivity contribution in [3.63, 3.8) is 0 Å². The summed E-state index contributed by atoms with van der Waals surface area (Å²) >= 11 is 0. The zero-order chi connectivity index (χ0) is 12.1. The van der Waals surface area contributed by atoms with Crippen LogP contribution >= 0.6 is 0 Å². The van der Waals surface area contributed by atoms with Gasteiger partial charge in [0, 0.05) is 18.8 Å². The maximum Gasteiger partial charge on any atom is 0.413 e. The Labute approximate surface area is 93.6 Å². The Balaban J connectivity index is 2.92. The molecular weight excluding hydrogens is 213 g/mol. The molecule has 0 spiro atoms. The SMILES string of the molecule is CCOc1ccc(N(C)C(=O)OC)cc1F. The molecule has 0 saturated heterocycles. The van der Waals surface area contributed by atoms with E-state index in [2.05, 4.69) is 4.74 Å². The van der Waals surface area contributed by atoms with E-state index in [0.717, 1.165) is 0 Å². The molecule has 0 unspecified atom stereocenters. The molecule has 16 heavy (non-hydrogen) atoms. The van der Waals surface area contributed by atoms with Gasteiger partial charge < -0.3 is 9.47 Å². The fraction of sp³-hybridized carbons (Fsp3) is 0.364. The third kappa shape index (κ3) is 2.62. The minimum absolute atomic E-state index is 0.171. The first kappa shape index (κ1) is 12.3. The van der Waals surface area contributed by atoms with Crippen molar-refractivity contribution in [3.8, 4) is 5.75 Å². The van der Waals surface area contributed by atoms with Crippen LogP contribution in [0.1, 0.15) is 6.92 Å². The lowest BCUT2D eigenvalue weighted by molar-refractivity contribution is 0.180. The second-order valence-corrected chi connectivity index (χ2v) is 3.08.